The molecule has 0 saturated carbocycles. The number of rotatable bonds is 6. The number of H-pyrrole nitrogens is 2. The van der Waals surface area contributed by atoms with Gasteiger partial charge in [-0.15, -0.1) is 0 Å². The normalized spacial score (nSPS) is 11.5. The Balaban J connectivity index is 1.38. The van der Waals surface area contributed by atoms with E-state index in [1.54, 1.807) is 37.3 Å². The zero-order chi connectivity index (χ0) is 24.6. The number of carbonyl (C=O) groups is 1. The number of fused-ring (bicyclic) bond motifs is 2. The average molecular weight is 479 g/mol. The van der Waals surface area contributed by atoms with Gasteiger partial charge >= 0.3 is 0 Å². The van der Waals surface area contributed by atoms with Gasteiger partial charge in [0.25, 0.3) is 0 Å². The number of carbonyl (C=O) groups excluding carboxylic acids is 1. The molecule has 0 unspecified atom stereocenters. The van der Waals surface area contributed by atoms with Gasteiger partial charge in [-0.2, -0.15) is 5.10 Å². The number of pyridine rings is 3. The molecule has 6 aromatic rings. The second-order valence-electron chi connectivity index (χ2n) is 8.76. The lowest BCUT2D eigenvalue weighted by Crippen LogP contribution is -2.27. The molecule has 10 nitrogen and oxygen atoms in total. The van der Waals surface area contributed by atoms with Crippen LogP contribution in [0, 0.1) is 0 Å². The largest absolute Gasteiger partial charge is 0.472 e. The summed E-state index contributed by atoms with van der Waals surface area (Å²) >= 11 is 0. The fraction of sp³-hybridized carbons (Fsp3) is 0.115. The van der Waals surface area contributed by atoms with Crippen LogP contribution in [0.2, 0.25) is 0 Å². The van der Waals surface area contributed by atoms with Crippen molar-refractivity contribution in [2.45, 2.75) is 0 Å². The van der Waals surface area contributed by atoms with Gasteiger partial charge in [-0.25, -0.2) is 9.97 Å². The minimum absolute atomic E-state index is 0.105. The maximum Gasteiger partial charge on any atom is 0.238 e. The van der Waals surface area contributed by atoms with E-state index in [1.807, 2.05) is 49.3 Å². The fourth-order valence-corrected chi connectivity index (χ4v) is 4.25. The summed E-state index contributed by atoms with van der Waals surface area (Å²) in [6.07, 6.45) is 10.3. The molecule has 0 radical (unpaired) electrons. The summed E-state index contributed by atoms with van der Waals surface area (Å²) in [4.78, 5) is 30.7. The number of nitrogens with one attached hydrogen (secondary N) is 3. The molecule has 6 heterocycles. The Morgan fingerprint density at radius 3 is 2.75 bits per heavy atom. The van der Waals surface area contributed by atoms with Gasteiger partial charge in [0.2, 0.25) is 5.91 Å². The average Bonchev–Trinajstić information content (AvgIpc) is 3.62. The Bertz CT molecular complexity index is 1700. The lowest BCUT2D eigenvalue weighted by molar-refractivity contribution is -0.116. The van der Waals surface area contributed by atoms with Gasteiger partial charge in [-0.05, 0) is 50.0 Å². The lowest BCUT2D eigenvalue weighted by atomic mass is 10.1. The molecule has 0 aromatic carbocycles. The van der Waals surface area contributed by atoms with Crippen LogP contribution in [0.25, 0.3) is 55.7 Å². The van der Waals surface area contributed by atoms with Crippen LogP contribution in [0.4, 0.5) is 5.69 Å². The van der Waals surface area contributed by atoms with Gasteiger partial charge < -0.3 is 19.6 Å². The standard InChI is InChI=1S/C26H22N8O2/c1-34(2)13-23(35)30-18-7-16(10-27-12-18)17-8-21-24(32-33-26(21)29-11-17)22-9-20-19(15-4-6-36-14-15)3-5-28-25(20)31-22/h3-12,14H,13H2,1-2H3,(H,28,31)(H,30,35)(H,29,32,33). The highest BCUT2D eigenvalue weighted by molar-refractivity contribution is 6.00. The Hall–Kier alpha value is -4.83. The third-order valence-corrected chi connectivity index (χ3v) is 5.86. The smallest absolute Gasteiger partial charge is 0.238 e. The van der Waals surface area contributed by atoms with E-state index >= 15 is 0 Å². The minimum atomic E-state index is -0.105. The summed E-state index contributed by atoms with van der Waals surface area (Å²) in [6.45, 7) is 0.289. The molecule has 0 spiro atoms. The summed E-state index contributed by atoms with van der Waals surface area (Å²) < 4.78 is 5.27. The maximum atomic E-state index is 12.2. The molecular formula is C26H22N8O2. The molecule has 36 heavy (non-hydrogen) atoms. The number of nitrogens with zero attached hydrogens (tertiary/aromatic N) is 5. The van der Waals surface area contributed by atoms with Gasteiger partial charge in [-0.1, -0.05) is 0 Å². The summed E-state index contributed by atoms with van der Waals surface area (Å²) in [5, 5.41) is 12.2. The molecule has 0 saturated heterocycles. The summed E-state index contributed by atoms with van der Waals surface area (Å²) in [7, 11) is 3.69. The second kappa shape index (κ2) is 8.75. The summed E-state index contributed by atoms with van der Waals surface area (Å²) in [5.74, 6) is -0.105. The van der Waals surface area contributed by atoms with Gasteiger partial charge in [-0.3, -0.25) is 14.9 Å². The van der Waals surface area contributed by atoms with Crippen molar-refractivity contribution in [2.75, 3.05) is 26.0 Å². The first-order chi connectivity index (χ1) is 17.5. The molecule has 0 aliphatic rings. The summed E-state index contributed by atoms with van der Waals surface area (Å²) in [6, 6.07) is 9.83. The monoisotopic (exact) mass is 478 g/mol. The van der Waals surface area contributed by atoms with E-state index in [0.29, 0.717) is 11.3 Å². The zero-order valence-corrected chi connectivity index (χ0v) is 19.6. The van der Waals surface area contributed by atoms with Crippen LogP contribution in [-0.4, -0.2) is 61.6 Å². The van der Waals surface area contributed by atoms with Crippen molar-refractivity contribution in [3.63, 3.8) is 0 Å². The first kappa shape index (κ1) is 21.7. The third-order valence-electron chi connectivity index (χ3n) is 5.86. The predicted molar refractivity (Wildman–Crippen MR) is 137 cm³/mol. The van der Waals surface area contributed by atoms with Gasteiger partial charge in [0.05, 0.1) is 42.3 Å². The number of amides is 1. The Morgan fingerprint density at radius 2 is 1.92 bits per heavy atom. The molecule has 6 rings (SSSR count). The summed E-state index contributed by atoms with van der Waals surface area (Å²) in [5.41, 5.74) is 7.33. The Morgan fingerprint density at radius 1 is 1.03 bits per heavy atom. The van der Waals surface area contributed by atoms with Gasteiger partial charge in [0, 0.05) is 46.1 Å². The van der Waals surface area contributed by atoms with Crippen molar-refractivity contribution in [3.05, 3.63) is 67.6 Å². The second-order valence-corrected chi connectivity index (χ2v) is 8.76. The maximum absolute atomic E-state index is 12.2. The van der Waals surface area contributed by atoms with Crippen molar-refractivity contribution >= 4 is 33.7 Å². The van der Waals surface area contributed by atoms with E-state index in [9.17, 15) is 4.79 Å². The van der Waals surface area contributed by atoms with Crippen LogP contribution in [0.3, 0.4) is 0 Å². The number of furan rings is 1. The Labute approximate surface area is 205 Å². The highest BCUT2D eigenvalue weighted by Crippen LogP contribution is 2.34. The molecule has 0 atom stereocenters. The molecule has 0 fully saturated rings. The van der Waals surface area contributed by atoms with E-state index < -0.39 is 0 Å². The van der Waals surface area contributed by atoms with Crippen molar-refractivity contribution < 1.29 is 9.21 Å². The van der Waals surface area contributed by atoms with Crippen molar-refractivity contribution in [1.82, 2.24) is 35.0 Å². The minimum Gasteiger partial charge on any atom is -0.472 e. The highest BCUT2D eigenvalue weighted by Gasteiger charge is 2.16. The highest BCUT2D eigenvalue weighted by atomic mass is 16.3. The van der Waals surface area contributed by atoms with E-state index in [-0.39, 0.29) is 12.5 Å². The van der Waals surface area contributed by atoms with Crippen LogP contribution >= 0.6 is 0 Å². The molecule has 1 amide bonds. The number of hydrogen-bond acceptors (Lipinski definition) is 7. The van der Waals surface area contributed by atoms with Crippen LogP contribution in [-0.2, 0) is 4.79 Å². The van der Waals surface area contributed by atoms with Gasteiger partial charge in [0.1, 0.15) is 5.65 Å². The lowest BCUT2D eigenvalue weighted by Gasteiger charge is -2.10. The molecule has 0 aliphatic heterocycles. The SMILES string of the molecule is CN(C)CC(=O)Nc1cncc(-c2cnc3n[nH]c(-c4cc5c(-c6ccoc6)ccnc5[nH]4)c3c2)c1. The Kier molecular flexibility index (Phi) is 5.27. The number of anilines is 1. The number of likely N-dealkylation sites (N-methyl/N-ethyl adjacent to an activating group) is 1. The van der Waals surface area contributed by atoms with E-state index in [2.05, 4.69) is 35.5 Å². The topological polar surface area (TPSA) is 129 Å². The fourth-order valence-electron chi connectivity index (χ4n) is 4.25. The molecule has 3 N–H and O–H groups in total. The third kappa shape index (κ3) is 3.99. The quantitative estimate of drug-likeness (QED) is 0.325. The number of aromatic nitrogens is 6. The molecule has 6 aromatic heterocycles. The molecule has 0 aliphatic carbocycles. The van der Waals surface area contributed by atoms with E-state index in [4.69, 9.17) is 4.42 Å². The molecule has 0 bridgehead atoms. The van der Waals surface area contributed by atoms with E-state index in [0.717, 1.165) is 50.1 Å². The van der Waals surface area contributed by atoms with Crippen LogP contribution < -0.4 is 5.32 Å². The van der Waals surface area contributed by atoms with Crippen molar-refractivity contribution in [2.24, 2.45) is 0 Å². The van der Waals surface area contributed by atoms with Crippen molar-refractivity contribution in [1.29, 1.82) is 0 Å². The van der Waals surface area contributed by atoms with Crippen LogP contribution in [0.1, 0.15) is 0 Å². The zero-order valence-electron chi connectivity index (χ0n) is 19.6. The molecule has 178 valence electrons. The van der Waals surface area contributed by atoms with Crippen LogP contribution in [0.5, 0.6) is 0 Å². The van der Waals surface area contributed by atoms with Crippen LogP contribution in [0.15, 0.2) is 72.1 Å². The van der Waals surface area contributed by atoms with Gasteiger partial charge in [0.15, 0.2) is 5.65 Å². The van der Waals surface area contributed by atoms with Crippen molar-refractivity contribution in [3.8, 4) is 33.6 Å². The first-order valence-corrected chi connectivity index (χ1v) is 11.3. The predicted octanol–water partition coefficient (Wildman–Crippen LogP) is 4.32. The molecular weight excluding hydrogens is 456 g/mol. The molecule has 10 heteroatoms. The first-order valence-electron chi connectivity index (χ1n) is 11.3. The number of aromatic amines is 2. The number of hydrogen-bond donors (Lipinski definition) is 3. The van der Waals surface area contributed by atoms with E-state index in [1.165, 1.54) is 0 Å².